The van der Waals surface area contributed by atoms with E-state index in [-0.39, 0.29) is 11.9 Å². The molecule has 2 aromatic rings. The van der Waals surface area contributed by atoms with Gasteiger partial charge in [0.2, 0.25) is 0 Å². The Hall–Kier alpha value is -1.000. The maximum absolute atomic E-state index is 13.8. The molecular formula is C16H20FNOS. The Morgan fingerprint density at radius 2 is 2.40 bits per heavy atom. The highest BCUT2D eigenvalue weighted by molar-refractivity contribution is 8.00. The molecule has 20 heavy (non-hydrogen) atoms. The zero-order valence-corrected chi connectivity index (χ0v) is 12.5. The Morgan fingerprint density at radius 1 is 1.50 bits per heavy atom. The maximum Gasteiger partial charge on any atom is 0.169 e. The normalized spacial score (nSPS) is 20.6. The van der Waals surface area contributed by atoms with Crippen LogP contribution in [0.25, 0.3) is 11.0 Å². The monoisotopic (exact) mass is 293 g/mol. The zero-order chi connectivity index (χ0) is 13.9. The first-order chi connectivity index (χ1) is 9.79. The van der Waals surface area contributed by atoms with Gasteiger partial charge in [-0.2, -0.15) is 11.8 Å². The molecule has 1 aromatic carbocycles. The molecule has 1 aliphatic heterocycles. The lowest BCUT2D eigenvalue weighted by Gasteiger charge is -2.22. The number of benzene rings is 1. The molecule has 0 aliphatic carbocycles. The fraction of sp³-hybridized carbons (Fsp3) is 0.500. The molecular weight excluding hydrogens is 273 g/mol. The average molecular weight is 293 g/mol. The van der Waals surface area contributed by atoms with Gasteiger partial charge in [0.05, 0.1) is 6.04 Å². The van der Waals surface area contributed by atoms with Crippen LogP contribution in [0.4, 0.5) is 4.39 Å². The molecule has 2 atom stereocenters. The summed E-state index contributed by atoms with van der Waals surface area (Å²) in [7, 11) is 0. The predicted octanol–water partition coefficient (Wildman–Crippen LogP) is 4.51. The summed E-state index contributed by atoms with van der Waals surface area (Å²) in [6.45, 7) is 3.12. The quantitative estimate of drug-likeness (QED) is 0.878. The molecule has 3 rings (SSSR count). The van der Waals surface area contributed by atoms with Crippen LogP contribution in [0.15, 0.2) is 28.7 Å². The number of rotatable bonds is 5. The van der Waals surface area contributed by atoms with E-state index in [1.165, 1.54) is 24.7 Å². The number of halogens is 1. The molecule has 108 valence electrons. The summed E-state index contributed by atoms with van der Waals surface area (Å²) in [5, 5.41) is 4.96. The second kappa shape index (κ2) is 6.19. The van der Waals surface area contributed by atoms with Gasteiger partial charge in [-0.1, -0.05) is 19.1 Å². The molecule has 1 saturated heterocycles. The number of fused-ring (bicyclic) bond motifs is 1. The fourth-order valence-electron chi connectivity index (χ4n) is 2.78. The Kier molecular flexibility index (Phi) is 4.32. The number of furan rings is 1. The van der Waals surface area contributed by atoms with E-state index in [1.807, 2.05) is 23.9 Å². The van der Waals surface area contributed by atoms with Crippen LogP contribution in [0, 0.1) is 5.82 Å². The van der Waals surface area contributed by atoms with Crippen molar-refractivity contribution in [2.45, 2.75) is 37.5 Å². The van der Waals surface area contributed by atoms with Gasteiger partial charge in [0.1, 0.15) is 5.76 Å². The summed E-state index contributed by atoms with van der Waals surface area (Å²) in [5.41, 5.74) is 0.383. The van der Waals surface area contributed by atoms with E-state index in [0.29, 0.717) is 10.8 Å². The highest BCUT2D eigenvalue weighted by atomic mass is 32.2. The van der Waals surface area contributed by atoms with Crippen molar-refractivity contribution in [3.63, 3.8) is 0 Å². The molecule has 0 spiro atoms. The van der Waals surface area contributed by atoms with Gasteiger partial charge < -0.3 is 9.73 Å². The van der Waals surface area contributed by atoms with Crippen molar-refractivity contribution in [2.24, 2.45) is 0 Å². The molecule has 0 saturated carbocycles. The van der Waals surface area contributed by atoms with E-state index in [1.54, 1.807) is 6.07 Å². The molecule has 1 fully saturated rings. The van der Waals surface area contributed by atoms with Gasteiger partial charge in [-0.3, -0.25) is 0 Å². The number of hydrogen-bond acceptors (Lipinski definition) is 3. The van der Waals surface area contributed by atoms with Crippen molar-refractivity contribution < 1.29 is 8.81 Å². The van der Waals surface area contributed by atoms with Gasteiger partial charge in [-0.05, 0) is 43.7 Å². The molecule has 2 unspecified atom stereocenters. The summed E-state index contributed by atoms with van der Waals surface area (Å²) >= 11 is 1.99. The van der Waals surface area contributed by atoms with E-state index in [9.17, 15) is 4.39 Å². The van der Waals surface area contributed by atoms with Gasteiger partial charge in [0, 0.05) is 10.6 Å². The third-order valence-corrected chi connectivity index (χ3v) is 5.23. The Labute approximate surface area is 123 Å². The van der Waals surface area contributed by atoms with Crippen LogP contribution in [-0.4, -0.2) is 17.5 Å². The largest absolute Gasteiger partial charge is 0.456 e. The standard InChI is InChI=1S/C16H20FNOS/c1-2-8-18-15(14-7-4-9-20-14)13-10-11-5-3-6-12(17)16(11)19-13/h3,5-6,10,14-15,18H,2,4,7-9H2,1H3. The SMILES string of the molecule is CCCNC(c1cc2cccc(F)c2o1)C1CCCS1. The van der Waals surface area contributed by atoms with Crippen molar-refractivity contribution in [1.82, 2.24) is 5.32 Å². The molecule has 1 aliphatic rings. The van der Waals surface area contributed by atoms with Crippen LogP contribution in [0.3, 0.4) is 0 Å². The van der Waals surface area contributed by atoms with Crippen LogP contribution >= 0.6 is 11.8 Å². The summed E-state index contributed by atoms with van der Waals surface area (Å²) in [4.78, 5) is 0. The molecule has 4 heteroatoms. The van der Waals surface area contributed by atoms with E-state index in [0.717, 1.165) is 24.1 Å². The Bertz CT molecular complexity index is 577. The number of para-hydroxylation sites is 1. The van der Waals surface area contributed by atoms with Gasteiger partial charge in [0.25, 0.3) is 0 Å². The number of thioether (sulfide) groups is 1. The third kappa shape index (κ3) is 2.72. The average Bonchev–Trinajstić information content (AvgIpc) is 3.09. The summed E-state index contributed by atoms with van der Waals surface area (Å²) in [6.07, 6.45) is 3.54. The van der Waals surface area contributed by atoms with Crippen molar-refractivity contribution >= 4 is 22.7 Å². The van der Waals surface area contributed by atoms with Gasteiger partial charge in [-0.15, -0.1) is 0 Å². The van der Waals surface area contributed by atoms with Crippen LogP contribution in [0.5, 0.6) is 0 Å². The van der Waals surface area contributed by atoms with E-state index < -0.39 is 0 Å². The first-order valence-electron chi connectivity index (χ1n) is 7.32. The smallest absolute Gasteiger partial charge is 0.169 e. The van der Waals surface area contributed by atoms with Crippen LogP contribution < -0.4 is 5.32 Å². The lowest BCUT2D eigenvalue weighted by atomic mass is 10.1. The number of hydrogen-bond donors (Lipinski definition) is 1. The van der Waals surface area contributed by atoms with Crippen molar-refractivity contribution in [3.05, 3.63) is 35.8 Å². The molecule has 2 heterocycles. The second-order valence-electron chi connectivity index (χ2n) is 5.29. The number of nitrogens with one attached hydrogen (secondary N) is 1. The minimum atomic E-state index is -0.276. The summed E-state index contributed by atoms with van der Waals surface area (Å²) in [6, 6.07) is 7.27. The maximum atomic E-state index is 13.8. The van der Waals surface area contributed by atoms with E-state index in [4.69, 9.17) is 4.42 Å². The van der Waals surface area contributed by atoms with E-state index in [2.05, 4.69) is 12.2 Å². The Morgan fingerprint density at radius 3 is 3.10 bits per heavy atom. The van der Waals surface area contributed by atoms with Crippen LogP contribution in [0.2, 0.25) is 0 Å². The first-order valence-corrected chi connectivity index (χ1v) is 8.37. The summed E-state index contributed by atoms with van der Waals surface area (Å²) in [5.74, 6) is 1.81. The Balaban J connectivity index is 1.93. The molecule has 0 radical (unpaired) electrons. The van der Waals surface area contributed by atoms with Crippen molar-refractivity contribution in [2.75, 3.05) is 12.3 Å². The molecule has 0 bridgehead atoms. The minimum absolute atomic E-state index is 0.189. The zero-order valence-electron chi connectivity index (χ0n) is 11.7. The second-order valence-corrected chi connectivity index (χ2v) is 6.64. The highest BCUT2D eigenvalue weighted by Gasteiger charge is 2.29. The highest BCUT2D eigenvalue weighted by Crippen LogP contribution is 2.38. The molecule has 2 nitrogen and oxygen atoms in total. The van der Waals surface area contributed by atoms with Crippen LogP contribution in [-0.2, 0) is 0 Å². The van der Waals surface area contributed by atoms with Gasteiger partial charge in [-0.25, -0.2) is 4.39 Å². The fourth-order valence-corrected chi connectivity index (χ4v) is 4.17. The minimum Gasteiger partial charge on any atom is -0.456 e. The molecule has 0 amide bonds. The topological polar surface area (TPSA) is 25.2 Å². The lowest BCUT2D eigenvalue weighted by Crippen LogP contribution is -2.29. The lowest BCUT2D eigenvalue weighted by molar-refractivity contribution is 0.409. The van der Waals surface area contributed by atoms with Crippen molar-refractivity contribution in [1.29, 1.82) is 0 Å². The first kappa shape index (κ1) is 14.0. The summed E-state index contributed by atoms with van der Waals surface area (Å²) < 4.78 is 19.6. The third-order valence-electron chi connectivity index (χ3n) is 3.77. The van der Waals surface area contributed by atoms with Crippen molar-refractivity contribution in [3.8, 4) is 0 Å². The van der Waals surface area contributed by atoms with Gasteiger partial charge in [0.15, 0.2) is 11.4 Å². The van der Waals surface area contributed by atoms with Gasteiger partial charge >= 0.3 is 0 Å². The predicted molar refractivity (Wildman–Crippen MR) is 82.7 cm³/mol. The molecule has 1 N–H and O–H groups in total. The van der Waals surface area contributed by atoms with Crippen LogP contribution in [0.1, 0.15) is 38.0 Å². The van der Waals surface area contributed by atoms with E-state index >= 15 is 0 Å². The molecule has 1 aromatic heterocycles.